The molecule has 0 radical (unpaired) electrons. The molecule has 11 heteroatoms. The minimum atomic E-state index is -4.49. The number of β-lactam (4-membered cyclic amide) rings is 1. The maximum Gasteiger partial charge on any atom is 0.329 e. The van der Waals surface area contributed by atoms with E-state index >= 15 is 0 Å². The van der Waals surface area contributed by atoms with Crippen molar-refractivity contribution in [2.75, 3.05) is 6.54 Å². The molecule has 2 aliphatic rings. The summed E-state index contributed by atoms with van der Waals surface area (Å²) in [7, 11) is -4.49. The monoisotopic (exact) mass is 487 g/mol. The minimum Gasteiger partial charge on any atom is -0.479 e. The molecule has 0 spiro atoms. The van der Waals surface area contributed by atoms with E-state index in [0.29, 0.717) is 18.4 Å². The van der Waals surface area contributed by atoms with Crippen LogP contribution in [0.25, 0.3) is 0 Å². The Morgan fingerprint density at radius 3 is 2.41 bits per heavy atom. The largest absolute Gasteiger partial charge is 0.479 e. The number of benzene rings is 2. The molecule has 2 unspecified atom stereocenters. The summed E-state index contributed by atoms with van der Waals surface area (Å²) in [5, 5.41) is 21.5. The van der Waals surface area contributed by atoms with Gasteiger partial charge < -0.3 is 10.0 Å². The number of aliphatic carboxylic acids is 1. The second kappa shape index (κ2) is 8.48. The topological polar surface area (TPSA) is 147 Å². The number of nitro benzene ring substituents is 1. The molecule has 2 N–H and O–H groups in total. The molecule has 1 aliphatic carbocycles. The smallest absolute Gasteiger partial charge is 0.329 e. The van der Waals surface area contributed by atoms with Gasteiger partial charge in [-0.25, -0.2) is 13.2 Å². The van der Waals surface area contributed by atoms with Crippen LogP contribution >= 0.6 is 0 Å². The first-order chi connectivity index (χ1) is 16.0. The summed E-state index contributed by atoms with van der Waals surface area (Å²) in [6.07, 6.45) is 1.55. The van der Waals surface area contributed by atoms with Crippen molar-refractivity contribution in [2.45, 2.75) is 48.6 Å². The van der Waals surface area contributed by atoms with Gasteiger partial charge in [0.1, 0.15) is 11.1 Å². The van der Waals surface area contributed by atoms with Gasteiger partial charge in [0, 0.05) is 12.5 Å². The van der Waals surface area contributed by atoms with Gasteiger partial charge in [0.15, 0.2) is 4.90 Å². The molecular weight excluding hydrogens is 462 g/mol. The van der Waals surface area contributed by atoms with Crippen LogP contribution in [0.15, 0.2) is 59.5 Å². The highest BCUT2D eigenvalue weighted by molar-refractivity contribution is 7.89. The Morgan fingerprint density at radius 2 is 1.85 bits per heavy atom. The van der Waals surface area contributed by atoms with Gasteiger partial charge in [-0.15, -0.1) is 0 Å². The van der Waals surface area contributed by atoms with Crippen LogP contribution in [0.1, 0.15) is 31.7 Å². The molecular formula is C23H25N3O7S. The van der Waals surface area contributed by atoms with Crippen LogP contribution in [0.4, 0.5) is 5.69 Å². The third kappa shape index (κ3) is 3.74. The molecule has 2 aromatic rings. The quantitative estimate of drug-likeness (QED) is 0.330. The highest BCUT2D eigenvalue weighted by Crippen LogP contribution is 2.46. The van der Waals surface area contributed by atoms with Crippen molar-refractivity contribution in [1.29, 1.82) is 0 Å². The fraction of sp³-hybridized carbons (Fsp3) is 0.391. The lowest BCUT2D eigenvalue weighted by molar-refractivity contribution is -0.387. The number of carboxylic acid groups (broad SMARTS) is 1. The zero-order chi connectivity index (χ0) is 24.7. The van der Waals surface area contributed by atoms with Gasteiger partial charge in [-0.2, -0.15) is 4.72 Å². The van der Waals surface area contributed by atoms with E-state index in [1.807, 2.05) is 0 Å². The van der Waals surface area contributed by atoms with E-state index in [0.717, 1.165) is 12.1 Å². The SMILES string of the molecule is CC1CCC[C@]1(C(=O)O)N1CC(Cc2ccccc2)(NS(=O)(=O)c2ccccc2[N+](=O)[O-])C1=O. The molecule has 1 saturated carbocycles. The first-order valence-electron chi connectivity index (χ1n) is 10.9. The summed E-state index contributed by atoms with van der Waals surface area (Å²) in [6, 6.07) is 13.6. The van der Waals surface area contributed by atoms with Crippen molar-refractivity contribution in [3.8, 4) is 0 Å². The van der Waals surface area contributed by atoms with Gasteiger partial charge in [0.05, 0.1) is 11.5 Å². The van der Waals surface area contributed by atoms with Crippen LogP contribution in [0.3, 0.4) is 0 Å². The predicted molar refractivity (Wildman–Crippen MR) is 121 cm³/mol. The molecule has 10 nitrogen and oxygen atoms in total. The second-order valence-electron chi connectivity index (χ2n) is 8.99. The van der Waals surface area contributed by atoms with Crippen LogP contribution in [0.2, 0.25) is 0 Å². The molecule has 2 aromatic carbocycles. The standard InChI is InChI=1S/C23H25N3O7S/c1-16-8-7-13-23(16,21(28)29)25-15-22(20(25)27,14-17-9-3-2-4-10-17)24-34(32,33)19-12-6-5-11-18(19)26(30)31/h2-6,9-12,16,24H,7-8,13-15H2,1H3,(H,28,29)/t16?,22?,23-/m0/s1. The molecule has 3 atom stereocenters. The molecule has 1 heterocycles. The second-order valence-corrected chi connectivity index (χ2v) is 10.6. The number of carbonyl (C=O) groups is 2. The van der Waals surface area contributed by atoms with Gasteiger partial charge in [-0.1, -0.05) is 55.8 Å². The Hall–Kier alpha value is -3.31. The first-order valence-corrected chi connectivity index (χ1v) is 12.4. The van der Waals surface area contributed by atoms with Crippen LogP contribution < -0.4 is 4.72 Å². The summed E-state index contributed by atoms with van der Waals surface area (Å²) >= 11 is 0. The Morgan fingerprint density at radius 1 is 1.21 bits per heavy atom. The van der Waals surface area contributed by atoms with Crippen molar-refractivity contribution in [2.24, 2.45) is 5.92 Å². The predicted octanol–water partition coefficient (Wildman–Crippen LogP) is 2.34. The van der Waals surface area contributed by atoms with E-state index in [1.54, 1.807) is 37.3 Å². The van der Waals surface area contributed by atoms with Gasteiger partial charge in [-0.05, 0) is 30.4 Å². The Balaban J connectivity index is 1.74. The summed E-state index contributed by atoms with van der Waals surface area (Å²) < 4.78 is 29.0. The van der Waals surface area contributed by atoms with E-state index in [4.69, 9.17) is 0 Å². The number of nitrogens with zero attached hydrogens (tertiary/aromatic N) is 2. The van der Waals surface area contributed by atoms with Crippen LogP contribution in [0, 0.1) is 16.0 Å². The maximum absolute atomic E-state index is 13.7. The summed E-state index contributed by atoms with van der Waals surface area (Å²) in [5.41, 5.74) is -3.00. The summed E-state index contributed by atoms with van der Waals surface area (Å²) in [4.78, 5) is 37.3. The van der Waals surface area contributed by atoms with Crippen LogP contribution in [-0.2, 0) is 26.0 Å². The molecule has 34 heavy (non-hydrogen) atoms. The lowest BCUT2D eigenvalue weighted by atomic mass is 9.75. The lowest BCUT2D eigenvalue weighted by Gasteiger charge is -2.56. The van der Waals surface area contributed by atoms with Crippen molar-refractivity contribution in [3.63, 3.8) is 0 Å². The van der Waals surface area contributed by atoms with Crippen molar-refractivity contribution in [1.82, 2.24) is 9.62 Å². The fourth-order valence-electron chi connectivity index (χ4n) is 5.23. The summed E-state index contributed by atoms with van der Waals surface area (Å²) in [5.74, 6) is -2.05. The number of carboxylic acids is 1. The number of hydrogen-bond donors (Lipinski definition) is 2. The fourth-order valence-corrected chi connectivity index (χ4v) is 6.76. The molecule has 1 amide bonds. The average Bonchev–Trinajstić information content (AvgIpc) is 3.19. The van der Waals surface area contributed by atoms with E-state index < -0.39 is 48.5 Å². The minimum absolute atomic E-state index is 0.0207. The zero-order valence-electron chi connectivity index (χ0n) is 18.5. The van der Waals surface area contributed by atoms with Gasteiger partial charge >= 0.3 is 5.97 Å². The summed E-state index contributed by atoms with van der Waals surface area (Å²) in [6.45, 7) is 1.63. The van der Waals surface area contributed by atoms with Crippen molar-refractivity contribution in [3.05, 3.63) is 70.3 Å². The molecule has 2 fully saturated rings. The highest BCUT2D eigenvalue weighted by atomic mass is 32.2. The number of rotatable bonds is 8. The van der Waals surface area contributed by atoms with E-state index in [-0.39, 0.29) is 25.3 Å². The zero-order valence-corrected chi connectivity index (χ0v) is 19.3. The Kier molecular flexibility index (Phi) is 5.94. The van der Waals surface area contributed by atoms with E-state index in [1.165, 1.54) is 17.0 Å². The average molecular weight is 488 g/mol. The van der Waals surface area contributed by atoms with Gasteiger partial charge in [-0.3, -0.25) is 14.9 Å². The molecule has 1 saturated heterocycles. The van der Waals surface area contributed by atoms with Gasteiger partial charge in [0.25, 0.3) is 5.69 Å². The van der Waals surface area contributed by atoms with Crippen molar-refractivity contribution < 1.29 is 28.0 Å². The Bertz CT molecular complexity index is 1250. The number of sulfonamides is 1. The number of hydrogen-bond acceptors (Lipinski definition) is 6. The molecule has 4 rings (SSSR count). The highest BCUT2D eigenvalue weighted by Gasteiger charge is 2.65. The normalized spacial score (nSPS) is 26.8. The molecule has 180 valence electrons. The number of para-hydroxylation sites is 1. The van der Waals surface area contributed by atoms with E-state index in [2.05, 4.69) is 4.72 Å². The van der Waals surface area contributed by atoms with Crippen molar-refractivity contribution >= 4 is 27.6 Å². The number of nitro groups is 1. The molecule has 0 bridgehead atoms. The van der Waals surface area contributed by atoms with Gasteiger partial charge in [0.2, 0.25) is 15.9 Å². The Labute approximate surface area is 196 Å². The number of likely N-dealkylation sites (tertiary alicyclic amines) is 1. The number of carbonyl (C=O) groups excluding carboxylic acids is 1. The van der Waals surface area contributed by atoms with Crippen LogP contribution in [-0.4, -0.2) is 52.8 Å². The third-order valence-electron chi connectivity index (χ3n) is 6.97. The number of nitrogens with one attached hydrogen (secondary N) is 1. The molecule has 1 aliphatic heterocycles. The lowest BCUT2D eigenvalue weighted by Crippen LogP contribution is -2.81. The van der Waals surface area contributed by atoms with Crippen LogP contribution in [0.5, 0.6) is 0 Å². The molecule has 0 aromatic heterocycles. The maximum atomic E-state index is 13.7. The first kappa shape index (κ1) is 23.8. The number of amides is 1. The third-order valence-corrected chi connectivity index (χ3v) is 8.56. The van der Waals surface area contributed by atoms with E-state index in [9.17, 15) is 33.2 Å².